The maximum absolute atomic E-state index is 13.3. The number of carbonyl (C=O) groups excluding carboxylic acids is 1. The number of ether oxygens (including phenoxy) is 1. The van der Waals surface area contributed by atoms with Crippen LogP contribution in [0.1, 0.15) is 5.89 Å². The third-order valence-corrected chi connectivity index (χ3v) is 6.07. The van der Waals surface area contributed by atoms with E-state index in [1.807, 2.05) is 52.3 Å². The van der Waals surface area contributed by atoms with E-state index in [1.54, 1.807) is 0 Å². The number of allylic oxidation sites excluding steroid dienone is 1. The first-order chi connectivity index (χ1) is 14.3. The molecule has 5 heterocycles. The van der Waals surface area contributed by atoms with Crippen LogP contribution in [0.15, 0.2) is 70.6 Å². The quantitative estimate of drug-likeness (QED) is 0.559. The summed E-state index contributed by atoms with van der Waals surface area (Å²) in [5.74, 6) is 2.25. The number of anilines is 1. The number of aromatic nitrogens is 1. The molecule has 0 bridgehead atoms. The lowest BCUT2D eigenvalue weighted by molar-refractivity contribution is -0.682. The van der Waals surface area contributed by atoms with Crippen LogP contribution in [0.3, 0.4) is 0 Å². The summed E-state index contributed by atoms with van der Waals surface area (Å²) in [5, 5.41) is 0. The summed E-state index contributed by atoms with van der Waals surface area (Å²) in [6, 6.07) is 16.0. The molecule has 2 amide bonds. The van der Waals surface area contributed by atoms with Crippen LogP contribution in [0.2, 0.25) is 0 Å². The molecule has 0 aliphatic carbocycles. The lowest BCUT2D eigenvalue weighted by atomic mass is 10.1. The fraction of sp³-hybridized carbons (Fsp3) is 0.182. The van der Waals surface area contributed by atoms with Gasteiger partial charge in [0.1, 0.15) is 5.70 Å². The van der Waals surface area contributed by atoms with Crippen molar-refractivity contribution in [2.24, 2.45) is 0 Å². The molecule has 0 N–H and O–H groups in total. The average Bonchev–Trinajstić information content (AvgIpc) is 3.32. The van der Waals surface area contributed by atoms with Gasteiger partial charge >= 0.3 is 11.9 Å². The molecule has 0 atom stereocenters. The van der Waals surface area contributed by atoms with Crippen molar-refractivity contribution in [1.29, 1.82) is 0 Å². The molecule has 2 aromatic carbocycles. The van der Waals surface area contributed by atoms with Gasteiger partial charge in [-0.2, -0.15) is 4.57 Å². The number of oxazole rings is 1. The van der Waals surface area contributed by atoms with Gasteiger partial charge in [0, 0.05) is 25.2 Å². The molecule has 7 rings (SSSR count). The summed E-state index contributed by atoms with van der Waals surface area (Å²) in [7, 11) is 0. The number of amides is 2. The monoisotopic (exact) mass is 385 g/mol. The molecule has 1 aromatic heterocycles. The highest BCUT2D eigenvalue weighted by Crippen LogP contribution is 2.44. The van der Waals surface area contributed by atoms with Crippen molar-refractivity contribution in [2.45, 2.75) is 6.54 Å². The minimum absolute atomic E-state index is 0.0177. The number of hydrogen-bond donors (Lipinski definition) is 0. The first kappa shape index (κ1) is 15.2. The molecule has 4 aliphatic heterocycles. The largest absolute Gasteiger partial charge is 0.436 e. The minimum Gasteiger partial charge on any atom is -0.436 e. The SMILES string of the molecule is O=C1N2CC[n+]3c(oc4ccccc43)C2=CC2=C3Oc4ccccc4N3CCN12. The van der Waals surface area contributed by atoms with Crippen LogP contribution in [0.5, 0.6) is 5.75 Å². The zero-order valence-corrected chi connectivity index (χ0v) is 15.5. The van der Waals surface area contributed by atoms with Crippen molar-refractivity contribution in [3.8, 4) is 5.75 Å². The van der Waals surface area contributed by atoms with Crippen LogP contribution in [0.4, 0.5) is 10.5 Å². The molecule has 29 heavy (non-hydrogen) atoms. The topological polar surface area (TPSA) is 53.0 Å². The molecule has 0 fully saturated rings. The van der Waals surface area contributed by atoms with E-state index < -0.39 is 0 Å². The van der Waals surface area contributed by atoms with Crippen LogP contribution < -0.4 is 14.2 Å². The van der Waals surface area contributed by atoms with E-state index in [1.165, 1.54) is 0 Å². The van der Waals surface area contributed by atoms with Crippen LogP contribution in [-0.4, -0.2) is 35.5 Å². The van der Waals surface area contributed by atoms with E-state index >= 15 is 0 Å². The molecular formula is C22H17N4O3+. The fourth-order valence-electron chi connectivity index (χ4n) is 4.72. The summed E-state index contributed by atoms with van der Waals surface area (Å²) >= 11 is 0. The van der Waals surface area contributed by atoms with Crippen LogP contribution in [0.25, 0.3) is 16.8 Å². The maximum atomic E-state index is 13.3. The molecule has 0 unspecified atom stereocenters. The van der Waals surface area contributed by atoms with Crippen molar-refractivity contribution in [1.82, 2.24) is 9.80 Å². The Morgan fingerprint density at radius 3 is 2.69 bits per heavy atom. The van der Waals surface area contributed by atoms with Crippen molar-refractivity contribution in [3.05, 3.63) is 72.1 Å². The first-order valence-electron chi connectivity index (χ1n) is 9.81. The number of benzene rings is 2. The molecule has 0 spiro atoms. The van der Waals surface area contributed by atoms with Crippen LogP contribution in [-0.2, 0) is 6.54 Å². The Morgan fingerprint density at radius 1 is 0.897 bits per heavy atom. The second kappa shape index (κ2) is 5.20. The van der Waals surface area contributed by atoms with Gasteiger partial charge < -0.3 is 14.1 Å². The Kier molecular flexibility index (Phi) is 2.73. The summed E-state index contributed by atoms with van der Waals surface area (Å²) < 4.78 is 14.5. The highest BCUT2D eigenvalue weighted by molar-refractivity contribution is 5.91. The smallest absolute Gasteiger partial charge is 0.399 e. The van der Waals surface area contributed by atoms with Crippen molar-refractivity contribution in [2.75, 3.05) is 24.5 Å². The van der Waals surface area contributed by atoms with E-state index in [2.05, 4.69) is 21.6 Å². The fourth-order valence-corrected chi connectivity index (χ4v) is 4.72. The highest BCUT2D eigenvalue weighted by Gasteiger charge is 2.46. The van der Waals surface area contributed by atoms with Gasteiger partial charge in [-0.3, -0.25) is 9.80 Å². The minimum atomic E-state index is -0.0177. The molecular weight excluding hydrogens is 368 g/mol. The van der Waals surface area contributed by atoms with Gasteiger partial charge in [-0.05, 0) is 18.2 Å². The van der Waals surface area contributed by atoms with E-state index in [0.717, 1.165) is 33.9 Å². The van der Waals surface area contributed by atoms with Gasteiger partial charge in [-0.25, -0.2) is 4.79 Å². The third-order valence-electron chi connectivity index (χ3n) is 6.07. The maximum Gasteiger partial charge on any atom is 0.399 e. The standard InChI is InChI=1S/C22H17N4O3/c27-22-25-11-9-23-14-5-1-3-7-18(14)28-20(23)16(25)13-17-21-24(10-12-26(17)22)15-6-2-4-8-19(15)29-21/h1-8,13H,9-12H2/q+1. The van der Waals surface area contributed by atoms with Gasteiger partial charge in [0.05, 0.1) is 12.2 Å². The van der Waals surface area contributed by atoms with E-state index in [-0.39, 0.29) is 6.03 Å². The molecule has 7 heteroatoms. The molecule has 3 aromatic rings. The molecule has 142 valence electrons. The van der Waals surface area contributed by atoms with Gasteiger partial charge in [-0.1, -0.05) is 24.3 Å². The predicted molar refractivity (Wildman–Crippen MR) is 105 cm³/mol. The Labute approximate surface area is 166 Å². The zero-order chi connectivity index (χ0) is 19.1. The lowest BCUT2D eigenvalue weighted by Gasteiger charge is -2.40. The van der Waals surface area contributed by atoms with E-state index in [4.69, 9.17) is 9.15 Å². The number of fused-ring (bicyclic) bond motifs is 9. The number of para-hydroxylation sites is 4. The number of hydrogen-bond acceptors (Lipinski definition) is 4. The van der Waals surface area contributed by atoms with Gasteiger partial charge in [0.2, 0.25) is 11.5 Å². The Bertz CT molecular complexity index is 1290. The third kappa shape index (κ3) is 1.87. The van der Waals surface area contributed by atoms with E-state index in [0.29, 0.717) is 38.0 Å². The lowest BCUT2D eigenvalue weighted by Crippen LogP contribution is -2.57. The highest BCUT2D eigenvalue weighted by atomic mass is 16.5. The molecule has 4 aliphatic rings. The number of nitrogens with zero attached hydrogens (tertiary/aromatic N) is 4. The number of carbonyl (C=O) groups is 1. The molecule has 7 nitrogen and oxygen atoms in total. The normalized spacial score (nSPS) is 19.4. The summed E-state index contributed by atoms with van der Waals surface area (Å²) in [5.41, 5.74) is 4.50. The zero-order valence-electron chi connectivity index (χ0n) is 15.5. The second-order valence-electron chi connectivity index (χ2n) is 7.55. The Balaban J connectivity index is 1.45. The van der Waals surface area contributed by atoms with Crippen LogP contribution in [0, 0.1) is 0 Å². The molecule has 0 saturated heterocycles. The second-order valence-corrected chi connectivity index (χ2v) is 7.55. The van der Waals surface area contributed by atoms with Gasteiger partial charge in [0.25, 0.3) is 5.52 Å². The first-order valence-corrected chi connectivity index (χ1v) is 9.81. The summed E-state index contributed by atoms with van der Waals surface area (Å²) in [4.78, 5) is 19.1. The van der Waals surface area contributed by atoms with Crippen molar-refractivity contribution >= 4 is 28.5 Å². The van der Waals surface area contributed by atoms with Crippen molar-refractivity contribution < 1.29 is 18.5 Å². The molecule has 0 radical (unpaired) electrons. The summed E-state index contributed by atoms with van der Waals surface area (Å²) in [6.45, 7) is 2.66. The Hall–Kier alpha value is -3.74. The average molecular weight is 385 g/mol. The van der Waals surface area contributed by atoms with E-state index in [9.17, 15) is 4.79 Å². The Morgan fingerprint density at radius 2 is 1.72 bits per heavy atom. The predicted octanol–water partition coefficient (Wildman–Crippen LogP) is 2.89. The van der Waals surface area contributed by atoms with Crippen LogP contribution >= 0.6 is 0 Å². The van der Waals surface area contributed by atoms with Gasteiger partial charge in [-0.15, -0.1) is 0 Å². The molecule has 0 saturated carbocycles. The van der Waals surface area contributed by atoms with Crippen molar-refractivity contribution in [3.63, 3.8) is 0 Å². The number of rotatable bonds is 0. The summed E-state index contributed by atoms with van der Waals surface area (Å²) in [6.07, 6.45) is 2.03. The van der Waals surface area contributed by atoms with Gasteiger partial charge in [0.15, 0.2) is 18.0 Å². The number of urea groups is 1.